The lowest BCUT2D eigenvalue weighted by molar-refractivity contribution is 0.598. The van der Waals surface area contributed by atoms with Crippen molar-refractivity contribution in [3.63, 3.8) is 0 Å². The van der Waals surface area contributed by atoms with Crippen LogP contribution in [-0.4, -0.2) is 31.4 Å². The lowest BCUT2D eigenvalue weighted by atomic mass is 9.24. The van der Waals surface area contributed by atoms with Crippen LogP contribution in [-0.2, 0) is 16.2 Å². The molecule has 4 aromatic heterocycles. The third-order valence-corrected chi connectivity index (χ3v) is 20.1. The van der Waals surface area contributed by atoms with Gasteiger partial charge in [-0.25, -0.2) is 0 Å². The largest absolute Gasteiger partial charge is 0.311 e. The summed E-state index contributed by atoms with van der Waals surface area (Å²) in [6, 6.07) is 79.9. The normalized spacial score (nSPS) is 15.3. The van der Waals surface area contributed by atoms with Crippen LogP contribution < -0.4 is 42.6 Å². The number of anilines is 6. The Kier molecular flexibility index (Phi) is 7.49. The third-order valence-electron chi connectivity index (χ3n) is 20.1. The summed E-state index contributed by atoms with van der Waals surface area (Å²) in [5.41, 5.74) is 35.6. The highest BCUT2D eigenvalue weighted by atomic mass is 15.2. The molecule has 0 amide bonds. The number of para-hydroxylation sites is 4. The van der Waals surface area contributed by atoms with Crippen LogP contribution in [0, 0.1) is 0 Å². The number of fused-ring (bicyclic) bond motifs is 16. The zero-order chi connectivity index (χ0) is 53.5. The third kappa shape index (κ3) is 4.68. The number of rotatable bonds is 2. The average molecular weight is 1030 g/mol. The average Bonchev–Trinajstić information content (AvgIpc) is 3.20. The van der Waals surface area contributed by atoms with Gasteiger partial charge in [-0.1, -0.05) is 163 Å². The monoisotopic (exact) mass is 1030 g/mol. The molecule has 0 bridgehead atoms. The van der Waals surface area contributed by atoms with Crippen molar-refractivity contribution in [3.05, 3.63) is 240 Å². The zero-order valence-electron chi connectivity index (χ0n) is 46.0. The van der Waals surface area contributed by atoms with Crippen molar-refractivity contribution in [3.8, 4) is 11.4 Å². The van der Waals surface area contributed by atoms with Gasteiger partial charge in [-0.15, -0.1) is 0 Å². The molecular weight excluding hydrogens is 982 g/mol. The number of hydrogen-bond donors (Lipinski definition) is 0. The van der Waals surface area contributed by atoms with Gasteiger partial charge in [-0.3, -0.25) is 17.9 Å². The molecular formula is C73H52B2N6. The smallest absolute Gasteiger partial charge is 0.253 e. The molecule has 14 aromatic rings. The zero-order valence-corrected chi connectivity index (χ0v) is 46.0. The van der Waals surface area contributed by atoms with Crippen LogP contribution in [0.4, 0.5) is 34.1 Å². The molecule has 10 aromatic carbocycles. The van der Waals surface area contributed by atoms with E-state index < -0.39 is 5.41 Å². The predicted octanol–water partition coefficient (Wildman–Crippen LogP) is 13.2. The van der Waals surface area contributed by atoms with Gasteiger partial charge in [-0.2, -0.15) is 0 Å². The molecule has 0 aliphatic carbocycles. The molecule has 0 N–H and O–H groups in total. The van der Waals surface area contributed by atoms with Gasteiger partial charge in [0.05, 0.1) is 38.5 Å². The Morgan fingerprint density at radius 1 is 0.309 bits per heavy atom. The van der Waals surface area contributed by atoms with E-state index in [9.17, 15) is 0 Å². The molecule has 380 valence electrons. The van der Waals surface area contributed by atoms with Crippen molar-refractivity contribution in [2.24, 2.45) is 0 Å². The summed E-state index contributed by atoms with van der Waals surface area (Å²) in [7, 11) is 0. The summed E-state index contributed by atoms with van der Waals surface area (Å²) in [6.07, 6.45) is 0. The molecule has 81 heavy (non-hydrogen) atoms. The fourth-order valence-electron chi connectivity index (χ4n) is 17.7. The van der Waals surface area contributed by atoms with Crippen molar-refractivity contribution in [1.29, 1.82) is 0 Å². The molecule has 1 spiro atoms. The van der Waals surface area contributed by atoms with E-state index in [1.165, 1.54) is 167 Å². The summed E-state index contributed by atoms with van der Waals surface area (Å²) in [5.74, 6) is 0. The maximum absolute atomic E-state index is 2.73. The second-order valence-corrected chi connectivity index (χ2v) is 25.9. The van der Waals surface area contributed by atoms with Crippen molar-refractivity contribution >= 4 is 135 Å². The van der Waals surface area contributed by atoms with E-state index in [1.54, 1.807) is 0 Å². The molecule has 20 rings (SSSR count). The SMILES string of the molecule is CC(C)(C)c1c2ccccc2n2c3ccc4c5c3n(c12)-c1cccc2c1B5c1c(cccc1C41c3cccc4c3B3c5c(cccc5-n5c6c3c1ccc6n1c3ccccc3c(C(C)(C)C)c51)N4c1ccccc1)N2c1ccccc1. The fourth-order valence-corrected chi connectivity index (χ4v) is 17.7. The van der Waals surface area contributed by atoms with Gasteiger partial charge in [0.2, 0.25) is 0 Å². The first-order valence-electron chi connectivity index (χ1n) is 29.0. The minimum Gasteiger partial charge on any atom is -0.311 e. The van der Waals surface area contributed by atoms with Crippen LogP contribution in [0.3, 0.4) is 0 Å². The molecule has 6 nitrogen and oxygen atoms in total. The Morgan fingerprint density at radius 3 is 1.09 bits per heavy atom. The first-order chi connectivity index (χ1) is 39.6. The highest BCUT2D eigenvalue weighted by Crippen LogP contribution is 2.56. The Labute approximate surface area is 469 Å². The highest BCUT2D eigenvalue weighted by Gasteiger charge is 2.60. The molecule has 10 heterocycles. The lowest BCUT2D eigenvalue weighted by Gasteiger charge is -2.54. The van der Waals surface area contributed by atoms with Crippen LogP contribution in [0.25, 0.3) is 66.5 Å². The highest BCUT2D eigenvalue weighted by molar-refractivity contribution is 7.03. The molecule has 6 aliphatic rings. The quantitative estimate of drug-likeness (QED) is 0.161. The Hall–Kier alpha value is -9.39. The van der Waals surface area contributed by atoms with Gasteiger partial charge in [0.1, 0.15) is 11.3 Å². The summed E-state index contributed by atoms with van der Waals surface area (Å²) < 4.78 is 10.7. The second kappa shape index (κ2) is 13.9. The summed E-state index contributed by atoms with van der Waals surface area (Å²) >= 11 is 0. The molecule has 0 fully saturated rings. The van der Waals surface area contributed by atoms with Crippen LogP contribution in [0.2, 0.25) is 0 Å². The van der Waals surface area contributed by atoms with E-state index in [0.29, 0.717) is 0 Å². The van der Waals surface area contributed by atoms with Crippen molar-refractivity contribution in [1.82, 2.24) is 17.9 Å². The van der Waals surface area contributed by atoms with E-state index in [0.717, 1.165) is 0 Å². The summed E-state index contributed by atoms with van der Waals surface area (Å²) in [5, 5.41) is 2.63. The molecule has 0 saturated heterocycles. The standard InChI is InChI=1S/C73H52B2N6/c1-71(2,3)59-43-25-13-15-29-49(43)78-57-39-37-47-63-67(57)80(69(59)78)55-35-19-33-53-65(55)74(63)61-45(27-17-31-51(61)76(53)41-21-9-7-10-22-41)73(47)46-28-18-32-52-62(46)75-64-48(73)38-40-58-68(64)81(70-60(72(4,5)6)44-26-14-16-30-50(44)79(58)70)56-36-20-34-54(66(56)75)77(52)42-23-11-8-12-24-42/h7-40H,1-6H3. The number of benzene rings is 10. The minimum absolute atomic E-state index is 0.0303. The second-order valence-electron chi connectivity index (χ2n) is 25.9. The van der Waals surface area contributed by atoms with Crippen LogP contribution in [0.1, 0.15) is 74.9 Å². The van der Waals surface area contributed by atoms with Crippen LogP contribution in [0.5, 0.6) is 0 Å². The molecule has 0 saturated carbocycles. The lowest BCUT2D eigenvalue weighted by Crippen LogP contribution is -2.72. The number of aromatic nitrogens is 4. The number of imidazole rings is 2. The van der Waals surface area contributed by atoms with Gasteiger partial charge < -0.3 is 9.80 Å². The number of nitrogens with zero attached hydrogens (tertiary/aromatic N) is 6. The maximum atomic E-state index is 2.73. The van der Waals surface area contributed by atoms with E-state index in [1.807, 2.05) is 0 Å². The predicted molar refractivity (Wildman–Crippen MR) is 339 cm³/mol. The van der Waals surface area contributed by atoms with E-state index >= 15 is 0 Å². The first kappa shape index (κ1) is 43.5. The van der Waals surface area contributed by atoms with Crippen molar-refractivity contribution in [2.45, 2.75) is 57.8 Å². The molecule has 0 atom stereocenters. The summed E-state index contributed by atoms with van der Waals surface area (Å²) in [6.45, 7) is 14.4. The molecule has 0 unspecified atom stereocenters. The fraction of sp³-hybridized carbons (Fsp3) is 0.123. The van der Waals surface area contributed by atoms with Crippen LogP contribution >= 0.6 is 0 Å². The molecule has 6 aliphatic heterocycles. The number of hydrogen-bond acceptors (Lipinski definition) is 2. The van der Waals surface area contributed by atoms with Gasteiger partial charge in [0.15, 0.2) is 0 Å². The van der Waals surface area contributed by atoms with Crippen LogP contribution in [0.15, 0.2) is 206 Å². The van der Waals surface area contributed by atoms with Crippen molar-refractivity contribution in [2.75, 3.05) is 9.80 Å². The summed E-state index contributed by atoms with van der Waals surface area (Å²) in [4.78, 5) is 5.20. The van der Waals surface area contributed by atoms with Crippen molar-refractivity contribution < 1.29 is 0 Å². The van der Waals surface area contributed by atoms with E-state index in [4.69, 9.17) is 0 Å². The Morgan fingerprint density at radius 2 is 0.667 bits per heavy atom. The minimum atomic E-state index is -0.758. The van der Waals surface area contributed by atoms with Gasteiger partial charge >= 0.3 is 0 Å². The molecule has 8 heteroatoms. The first-order valence-corrected chi connectivity index (χ1v) is 29.0. The van der Waals surface area contributed by atoms with E-state index in [2.05, 4.69) is 276 Å². The van der Waals surface area contributed by atoms with E-state index in [-0.39, 0.29) is 24.3 Å². The Balaban J connectivity index is 1.05. The van der Waals surface area contributed by atoms with Gasteiger partial charge in [0.25, 0.3) is 13.4 Å². The van der Waals surface area contributed by atoms with Gasteiger partial charge in [0, 0.05) is 67.4 Å². The Bertz CT molecular complexity index is 4960. The van der Waals surface area contributed by atoms with Gasteiger partial charge in [-0.05, 0) is 151 Å². The maximum Gasteiger partial charge on any atom is 0.253 e. The molecule has 0 radical (unpaired) electrons. The topological polar surface area (TPSA) is 25.2 Å².